The van der Waals surface area contributed by atoms with Crippen LogP contribution in [0.15, 0.2) is 18.3 Å². The Bertz CT molecular complexity index is 370. The highest BCUT2D eigenvalue weighted by Crippen LogP contribution is 2.11. The van der Waals surface area contributed by atoms with E-state index >= 15 is 0 Å². The van der Waals surface area contributed by atoms with E-state index in [1.54, 1.807) is 0 Å². The minimum absolute atomic E-state index is 0.131. The van der Waals surface area contributed by atoms with Crippen molar-refractivity contribution in [3.63, 3.8) is 0 Å². The van der Waals surface area contributed by atoms with Gasteiger partial charge in [-0.25, -0.2) is 4.98 Å². The summed E-state index contributed by atoms with van der Waals surface area (Å²) in [5.41, 5.74) is 1.34. The molecule has 4 nitrogen and oxygen atoms in total. The van der Waals surface area contributed by atoms with Crippen LogP contribution in [-0.4, -0.2) is 36.8 Å². The molecule has 1 aromatic heterocycles. The Balaban J connectivity index is 2.55. The third kappa shape index (κ3) is 6.35. The molecule has 0 atom stereocenters. The molecule has 0 spiro atoms. The van der Waals surface area contributed by atoms with Crippen molar-refractivity contribution in [2.75, 3.05) is 31.2 Å². The largest absolute Gasteiger partial charge is 0.380 e. The van der Waals surface area contributed by atoms with Gasteiger partial charge in [-0.3, -0.25) is 0 Å². The van der Waals surface area contributed by atoms with Crippen LogP contribution in [-0.2, 0) is 11.3 Å². The van der Waals surface area contributed by atoms with E-state index in [1.807, 2.05) is 13.1 Å². The highest BCUT2D eigenvalue weighted by Gasteiger charge is 2.09. The second kappa shape index (κ2) is 8.22. The van der Waals surface area contributed by atoms with Crippen molar-refractivity contribution in [1.82, 2.24) is 10.3 Å². The molecule has 0 unspecified atom stereocenters. The van der Waals surface area contributed by atoms with Crippen molar-refractivity contribution < 1.29 is 4.74 Å². The molecule has 0 amide bonds. The van der Waals surface area contributed by atoms with Crippen LogP contribution in [0.3, 0.4) is 0 Å². The van der Waals surface area contributed by atoms with Crippen LogP contribution in [0.25, 0.3) is 0 Å². The Morgan fingerprint density at radius 1 is 1.25 bits per heavy atom. The third-order valence-corrected chi connectivity index (χ3v) is 3.05. The number of hydrogen-bond acceptors (Lipinski definition) is 4. The molecule has 0 aliphatic heterocycles. The minimum Gasteiger partial charge on any atom is -0.380 e. The molecule has 0 saturated heterocycles. The van der Waals surface area contributed by atoms with Gasteiger partial charge in [0, 0.05) is 38.0 Å². The number of anilines is 1. The summed E-state index contributed by atoms with van der Waals surface area (Å²) >= 11 is 0. The molecule has 114 valence electrons. The molecular formula is C16H29N3O. The lowest BCUT2D eigenvalue weighted by Gasteiger charge is -2.23. The number of nitrogens with one attached hydrogen (secondary N) is 1. The smallest absolute Gasteiger partial charge is 0.128 e. The molecule has 0 saturated carbocycles. The van der Waals surface area contributed by atoms with Gasteiger partial charge < -0.3 is 15.0 Å². The molecule has 0 radical (unpaired) electrons. The summed E-state index contributed by atoms with van der Waals surface area (Å²) in [7, 11) is 0. The summed E-state index contributed by atoms with van der Waals surface area (Å²) < 4.78 is 5.41. The lowest BCUT2D eigenvalue weighted by atomic mass is 10.1. The van der Waals surface area contributed by atoms with Gasteiger partial charge in [0.05, 0.1) is 6.61 Å². The van der Waals surface area contributed by atoms with Gasteiger partial charge in [0.2, 0.25) is 0 Å². The summed E-state index contributed by atoms with van der Waals surface area (Å²) in [6.07, 6.45) is 1.96. The lowest BCUT2D eigenvalue weighted by molar-refractivity contribution is 0.154. The summed E-state index contributed by atoms with van der Waals surface area (Å²) in [5.74, 6) is 1.02. The molecule has 0 aliphatic carbocycles. The van der Waals surface area contributed by atoms with Gasteiger partial charge in [-0.2, -0.15) is 0 Å². The molecule has 0 aliphatic rings. The first-order chi connectivity index (χ1) is 9.46. The van der Waals surface area contributed by atoms with E-state index in [9.17, 15) is 0 Å². The number of pyridine rings is 1. The fraction of sp³-hybridized carbons (Fsp3) is 0.688. The number of likely N-dealkylation sites (N-methyl/N-ethyl adjacent to an activating group) is 1. The Kier molecular flexibility index (Phi) is 6.96. The van der Waals surface area contributed by atoms with Crippen molar-refractivity contribution in [2.24, 2.45) is 0 Å². The number of rotatable bonds is 8. The summed E-state index contributed by atoms with van der Waals surface area (Å²) in [6.45, 7) is 14.9. The number of nitrogens with zero attached hydrogens (tertiary/aromatic N) is 2. The fourth-order valence-electron chi connectivity index (χ4n) is 1.83. The van der Waals surface area contributed by atoms with Crippen molar-refractivity contribution in [3.8, 4) is 0 Å². The predicted octanol–water partition coefficient (Wildman–Crippen LogP) is 2.83. The van der Waals surface area contributed by atoms with E-state index < -0.39 is 0 Å². The summed E-state index contributed by atoms with van der Waals surface area (Å²) in [5, 5.41) is 3.47. The van der Waals surface area contributed by atoms with Crippen LogP contribution < -0.4 is 10.2 Å². The average molecular weight is 279 g/mol. The summed E-state index contributed by atoms with van der Waals surface area (Å²) in [6, 6.07) is 4.24. The van der Waals surface area contributed by atoms with Crippen LogP contribution in [0.1, 0.15) is 40.2 Å². The molecule has 0 bridgehead atoms. The monoisotopic (exact) mass is 279 g/mol. The van der Waals surface area contributed by atoms with Crippen molar-refractivity contribution >= 4 is 5.82 Å². The zero-order valence-corrected chi connectivity index (χ0v) is 13.6. The van der Waals surface area contributed by atoms with Gasteiger partial charge in [-0.1, -0.05) is 6.07 Å². The first kappa shape index (κ1) is 16.9. The molecule has 20 heavy (non-hydrogen) atoms. The molecule has 1 N–H and O–H groups in total. The van der Waals surface area contributed by atoms with Gasteiger partial charge in [0.15, 0.2) is 0 Å². The van der Waals surface area contributed by atoms with E-state index in [0.717, 1.165) is 38.7 Å². The van der Waals surface area contributed by atoms with Crippen molar-refractivity contribution in [2.45, 2.75) is 46.7 Å². The Morgan fingerprint density at radius 2 is 2.00 bits per heavy atom. The molecule has 0 fully saturated rings. The van der Waals surface area contributed by atoms with Gasteiger partial charge in [-0.05, 0) is 46.2 Å². The van der Waals surface area contributed by atoms with Gasteiger partial charge in [0.1, 0.15) is 5.82 Å². The van der Waals surface area contributed by atoms with Gasteiger partial charge in [-0.15, -0.1) is 0 Å². The second-order valence-electron chi connectivity index (χ2n) is 5.90. The van der Waals surface area contributed by atoms with E-state index in [0.29, 0.717) is 0 Å². The molecule has 1 heterocycles. The van der Waals surface area contributed by atoms with Crippen LogP contribution in [0.5, 0.6) is 0 Å². The SMILES string of the molecule is CCOCCN(CC)c1ccc(CNC(C)(C)C)cn1. The predicted molar refractivity (Wildman–Crippen MR) is 85.2 cm³/mol. The maximum Gasteiger partial charge on any atom is 0.128 e. The third-order valence-electron chi connectivity index (χ3n) is 3.05. The highest BCUT2D eigenvalue weighted by atomic mass is 16.5. The first-order valence-electron chi connectivity index (χ1n) is 7.49. The van der Waals surface area contributed by atoms with Crippen LogP contribution in [0.2, 0.25) is 0 Å². The maximum atomic E-state index is 5.41. The molecule has 0 aromatic carbocycles. The lowest BCUT2D eigenvalue weighted by Crippen LogP contribution is -2.35. The van der Waals surface area contributed by atoms with Crippen LogP contribution >= 0.6 is 0 Å². The average Bonchev–Trinajstić information content (AvgIpc) is 2.41. The van der Waals surface area contributed by atoms with Gasteiger partial charge >= 0.3 is 0 Å². The molecule has 1 rings (SSSR count). The highest BCUT2D eigenvalue weighted by molar-refractivity contribution is 5.39. The van der Waals surface area contributed by atoms with Gasteiger partial charge in [0.25, 0.3) is 0 Å². The Morgan fingerprint density at radius 3 is 2.50 bits per heavy atom. The zero-order chi connectivity index (χ0) is 15.0. The van der Waals surface area contributed by atoms with E-state index in [-0.39, 0.29) is 5.54 Å². The standard InChI is InChI=1S/C16H29N3O/c1-6-19(10-11-20-7-2)15-9-8-14(12-17-15)13-18-16(3,4)5/h8-9,12,18H,6-7,10-11,13H2,1-5H3. The van der Waals surface area contributed by atoms with E-state index in [4.69, 9.17) is 4.74 Å². The fourth-order valence-corrected chi connectivity index (χ4v) is 1.83. The second-order valence-corrected chi connectivity index (χ2v) is 5.90. The molecular weight excluding hydrogens is 250 g/mol. The summed E-state index contributed by atoms with van der Waals surface area (Å²) in [4.78, 5) is 6.79. The van der Waals surface area contributed by atoms with E-state index in [2.05, 4.69) is 55.0 Å². The zero-order valence-electron chi connectivity index (χ0n) is 13.6. The van der Waals surface area contributed by atoms with Crippen LogP contribution in [0.4, 0.5) is 5.82 Å². The maximum absolute atomic E-state index is 5.41. The molecule has 4 heteroatoms. The number of aromatic nitrogens is 1. The Hall–Kier alpha value is -1.13. The normalized spacial score (nSPS) is 11.7. The minimum atomic E-state index is 0.131. The quantitative estimate of drug-likeness (QED) is 0.743. The van der Waals surface area contributed by atoms with Crippen molar-refractivity contribution in [3.05, 3.63) is 23.9 Å². The Labute approximate surface area is 123 Å². The topological polar surface area (TPSA) is 37.4 Å². The van der Waals surface area contributed by atoms with Crippen LogP contribution in [0, 0.1) is 0 Å². The first-order valence-corrected chi connectivity index (χ1v) is 7.49. The van der Waals surface area contributed by atoms with Crippen molar-refractivity contribution in [1.29, 1.82) is 0 Å². The van der Waals surface area contributed by atoms with E-state index in [1.165, 1.54) is 5.56 Å². The molecule has 1 aromatic rings. The number of ether oxygens (including phenoxy) is 1. The number of hydrogen-bond donors (Lipinski definition) is 1.